The lowest BCUT2D eigenvalue weighted by atomic mass is 10.1. The van der Waals surface area contributed by atoms with E-state index < -0.39 is 0 Å². The zero-order chi connectivity index (χ0) is 14.3. The van der Waals surface area contributed by atoms with Gasteiger partial charge < -0.3 is 15.3 Å². The molecule has 0 aliphatic carbocycles. The summed E-state index contributed by atoms with van der Waals surface area (Å²) < 4.78 is 0. The fourth-order valence-electron chi connectivity index (χ4n) is 1.58. The van der Waals surface area contributed by atoms with Gasteiger partial charge in [0.15, 0.2) is 0 Å². The molecule has 104 valence electrons. The monoisotopic (exact) mass is 264 g/mol. The molecule has 2 N–H and O–H groups in total. The van der Waals surface area contributed by atoms with E-state index in [0.717, 1.165) is 6.42 Å². The van der Waals surface area contributed by atoms with Gasteiger partial charge in [-0.15, -0.1) is 0 Å². The van der Waals surface area contributed by atoms with Gasteiger partial charge in [-0.25, -0.2) is 0 Å². The number of nitrogens with zero attached hydrogens (tertiary/aromatic N) is 1. The van der Waals surface area contributed by atoms with Gasteiger partial charge in [0.1, 0.15) is 5.75 Å². The van der Waals surface area contributed by atoms with Gasteiger partial charge >= 0.3 is 0 Å². The largest absolute Gasteiger partial charge is 0.508 e. The van der Waals surface area contributed by atoms with Crippen LogP contribution < -0.4 is 5.32 Å². The molecular formula is C14H20N2O3. The molecule has 5 heteroatoms. The molecule has 19 heavy (non-hydrogen) atoms. The van der Waals surface area contributed by atoms with E-state index in [4.69, 9.17) is 0 Å². The summed E-state index contributed by atoms with van der Waals surface area (Å²) in [5.41, 5.74) is 0.563. The minimum absolute atomic E-state index is 0.0342. The lowest BCUT2D eigenvalue weighted by molar-refractivity contribution is -0.134. The van der Waals surface area contributed by atoms with Gasteiger partial charge in [0.05, 0.1) is 13.0 Å². The molecule has 1 rings (SSSR count). The van der Waals surface area contributed by atoms with E-state index in [1.807, 2.05) is 6.92 Å². The van der Waals surface area contributed by atoms with Crippen molar-refractivity contribution in [2.45, 2.75) is 19.8 Å². The summed E-state index contributed by atoms with van der Waals surface area (Å²) in [5, 5.41) is 12.3. The van der Waals surface area contributed by atoms with Crippen LogP contribution in [0.5, 0.6) is 5.75 Å². The van der Waals surface area contributed by atoms with Gasteiger partial charge in [-0.05, 0) is 12.5 Å². The Balaban J connectivity index is 2.49. The number of carbonyl (C=O) groups is 2. The smallest absolute Gasteiger partial charge is 0.239 e. The third kappa shape index (κ3) is 4.99. The summed E-state index contributed by atoms with van der Waals surface area (Å²) in [6, 6.07) is 6.69. The maximum absolute atomic E-state index is 11.9. The van der Waals surface area contributed by atoms with Crippen molar-refractivity contribution in [1.29, 1.82) is 0 Å². The van der Waals surface area contributed by atoms with Crippen LogP contribution in [0.3, 0.4) is 0 Å². The van der Waals surface area contributed by atoms with Crippen molar-refractivity contribution in [3.05, 3.63) is 29.8 Å². The molecule has 0 saturated carbocycles. The molecule has 0 radical (unpaired) electrons. The number of aromatic hydroxyl groups is 1. The quantitative estimate of drug-likeness (QED) is 0.802. The lowest BCUT2D eigenvalue weighted by Gasteiger charge is -2.17. The van der Waals surface area contributed by atoms with Gasteiger partial charge in [-0.2, -0.15) is 0 Å². The average molecular weight is 264 g/mol. The Kier molecular flexibility index (Phi) is 5.85. The highest BCUT2D eigenvalue weighted by atomic mass is 16.3. The standard InChI is InChI=1S/C14H20N2O3/c1-3-8-15-13(18)10-16(2)14(19)9-11-6-4-5-7-12(11)17/h4-7,17H,3,8-10H2,1-2H3,(H,15,18). The molecule has 5 nitrogen and oxygen atoms in total. The Bertz CT molecular complexity index is 446. The molecule has 0 unspecified atom stereocenters. The normalized spacial score (nSPS) is 10.0. The molecule has 0 spiro atoms. The molecule has 1 aromatic rings. The summed E-state index contributed by atoms with van der Waals surface area (Å²) in [7, 11) is 1.58. The summed E-state index contributed by atoms with van der Waals surface area (Å²) in [6.07, 6.45) is 0.950. The summed E-state index contributed by atoms with van der Waals surface area (Å²) in [6.45, 7) is 2.61. The van der Waals surface area contributed by atoms with Crippen LogP contribution in [0.4, 0.5) is 0 Å². The highest BCUT2D eigenvalue weighted by molar-refractivity contribution is 5.85. The third-order valence-corrected chi connectivity index (χ3v) is 2.71. The summed E-state index contributed by atoms with van der Waals surface area (Å²) in [5.74, 6) is -0.275. The first-order valence-corrected chi connectivity index (χ1v) is 6.32. The summed E-state index contributed by atoms with van der Waals surface area (Å²) >= 11 is 0. The minimum atomic E-state index is -0.201. The van der Waals surface area contributed by atoms with Crippen LogP contribution in [0.25, 0.3) is 0 Å². The summed E-state index contributed by atoms with van der Waals surface area (Å²) in [4.78, 5) is 24.7. The maximum atomic E-state index is 11.9. The molecule has 0 heterocycles. The fourth-order valence-corrected chi connectivity index (χ4v) is 1.58. The van der Waals surface area contributed by atoms with Gasteiger partial charge in [0.2, 0.25) is 11.8 Å². The average Bonchev–Trinajstić information content (AvgIpc) is 2.38. The van der Waals surface area contributed by atoms with Crippen molar-refractivity contribution in [3.8, 4) is 5.75 Å². The van der Waals surface area contributed by atoms with E-state index in [1.54, 1.807) is 25.2 Å². The van der Waals surface area contributed by atoms with Crippen molar-refractivity contribution < 1.29 is 14.7 Å². The zero-order valence-electron chi connectivity index (χ0n) is 11.3. The highest BCUT2D eigenvalue weighted by Gasteiger charge is 2.14. The van der Waals surface area contributed by atoms with Gasteiger partial charge in [-0.3, -0.25) is 9.59 Å². The van der Waals surface area contributed by atoms with Crippen molar-refractivity contribution in [2.24, 2.45) is 0 Å². The molecule has 0 bridgehead atoms. The molecular weight excluding hydrogens is 244 g/mol. The Morgan fingerprint density at radius 1 is 1.32 bits per heavy atom. The third-order valence-electron chi connectivity index (χ3n) is 2.71. The van der Waals surface area contributed by atoms with Crippen molar-refractivity contribution >= 4 is 11.8 Å². The zero-order valence-corrected chi connectivity index (χ0v) is 11.3. The number of hydrogen-bond acceptors (Lipinski definition) is 3. The number of nitrogens with one attached hydrogen (secondary N) is 1. The first kappa shape index (κ1) is 15.0. The number of carbonyl (C=O) groups excluding carboxylic acids is 2. The number of likely N-dealkylation sites (N-methyl/N-ethyl adjacent to an activating group) is 1. The highest BCUT2D eigenvalue weighted by Crippen LogP contribution is 2.16. The first-order valence-electron chi connectivity index (χ1n) is 6.32. The number of phenols is 1. The predicted molar refractivity (Wildman–Crippen MR) is 72.7 cm³/mol. The molecule has 0 aliphatic heterocycles. The van der Waals surface area contributed by atoms with Crippen molar-refractivity contribution in [1.82, 2.24) is 10.2 Å². The fraction of sp³-hybridized carbons (Fsp3) is 0.429. The number of phenolic OH excluding ortho intramolecular Hbond substituents is 1. The van der Waals surface area contributed by atoms with Crippen LogP contribution in [-0.4, -0.2) is 42.0 Å². The van der Waals surface area contributed by atoms with Gasteiger partial charge in [-0.1, -0.05) is 25.1 Å². The molecule has 0 saturated heterocycles. The Labute approximate surface area is 113 Å². The molecule has 0 atom stereocenters. The maximum Gasteiger partial charge on any atom is 0.239 e. The van der Waals surface area contributed by atoms with E-state index in [1.165, 1.54) is 11.0 Å². The molecule has 0 aromatic heterocycles. The van der Waals surface area contributed by atoms with Crippen LogP contribution in [-0.2, 0) is 16.0 Å². The number of amides is 2. The van der Waals surface area contributed by atoms with Crippen LogP contribution in [0.15, 0.2) is 24.3 Å². The van der Waals surface area contributed by atoms with Gasteiger partial charge in [0, 0.05) is 19.2 Å². The Morgan fingerprint density at radius 3 is 2.63 bits per heavy atom. The SMILES string of the molecule is CCCNC(=O)CN(C)C(=O)Cc1ccccc1O. The molecule has 0 fully saturated rings. The minimum Gasteiger partial charge on any atom is -0.508 e. The van der Waals surface area contributed by atoms with Crippen LogP contribution in [0.1, 0.15) is 18.9 Å². The first-order chi connectivity index (χ1) is 9.04. The number of para-hydroxylation sites is 1. The predicted octanol–water partition coefficient (Wildman–Crippen LogP) is 0.919. The van der Waals surface area contributed by atoms with Crippen molar-refractivity contribution in [3.63, 3.8) is 0 Å². The second-order valence-electron chi connectivity index (χ2n) is 4.41. The molecule has 2 amide bonds. The van der Waals surface area contributed by atoms with E-state index in [0.29, 0.717) is 12.1 Å². The van der Waals surface area contributed by atoms with E-state index >= 15 is 0 Å². The number of rotatable bonds is 6. The van der Waals surface area contributed by atoms with E-state index in [2.05, 4.69) is 5.32 Å². The second-order valence-corrected chi connectivity index (χ2v) is 4.41. The molecule has 0 aliphatic rings. The van der Waals surface area contributed by atoms with Crippen LogP contribution >= 0.6 is 0 Å². The Hall–Kier alpha value is -2.04. The van der Waals surface area contributed by atoms with E-state index in [-0.39, 0.29) is 30.5 Å². The van der Waals surface area contributed by atoms with Crippen LogP contribution in [0, 0.1) is 0 Å². The number of benzene rings is 1. The lowest BCUT2D eigenvalue weighted by Crippen LogP contribution is -2.39. The van der Waals surface area contributed by atoms with Crippen molar-refractivity contribution in [2.75, 3.05) is 20.1 Å². The number of hydrogen-bond donors (Lipinski definition) is 2. The Morgan fingerprint density at radius 2 is 2.00 bits per heavy atom. The molecule has 1 aromatic carbocycles. The van der Waals surface area contributed by atoms with E-state index in [9.17, 15) is 14.7 Å². The topological polar surface area (TPSA) is 69.6 Å². The second kappa shape index (κ2) is 7.41. The van der Waals surface area contributed by atoms with Crippen LogP contribution in [0.2, 0.25) is 0 Å². The van der Waals surface area contributed by atoms with Gasteiger partial charge in [0.25, 0.3) is 0 Å².